The van der Waals surface area contributed by atoms with E-state index in [9.17, 15) is 4.79 Å². The minimum absolute atomic E-state index is 0.190. The molecule has 3 heterocycles. The molecule has 2 aromatic heterocycles. The average Bonchev–Trinajstić information content (AvgIpc) is 3.39. The van der Waals surface area contributed by atoms with Crippen LogP contribution < -0.4 is 0 Å². The largest absolute Gasteiger partial charge is 0.461 e. The van der Waals surface area contributed by atoms with Gasteiger partial charge in [-0.2, -0.15) is 0 Å². The summed E-state index contributed by atoms with van der Waals surface area (Å²) in [6.07, 6.45) is 6.07. The highest BCUT2D eigenvalue weighted by Crippen LogP contribution is 2.28. The Kier molecular flexibility index (Phi) is 8.92. The van der Waals surface area contributed by atoms with Crippen molar-refractivity contribution in [2.24, 2.45) is 0 Å². The quantitative estimate of drug-likeness (QED) is 0.386. The van der Waals surface area contributed by atoms with E-state index in [0.29, 0.717) is 31.5 Å². The summed E-state index contributed by atoms with van der Waals surface area (Å²) in [6.45, 7) is 9.84. The zero-order valence-corrected chi connectivity index (χ0v) is 18.0. The Morgan fingerprint density at radius 2 is 1.93 bits per heavy atom. The van der Waals surface area contributed by atoms with Gasteiger partial charge in [-0.15, -0.1) is 0 Å². The number of rotatable bonds is 12. The fourth-order valence-corrected chi connectivity index (χ4v) is 3.72. The molecule has 0 spiro atoms. The Hall–Kier alpha value is -2.16. The summed E-state index contributed by atoms with van der Waals surface area (Å²) in [5.41, 5.74) is 0. The number of hydrogen-bond donors (Lipinski definition) is 0. The fourth-order valence-electron chi connectivity index (χ4n) is 3.72. The van der Waals surface area contributed by atoms with Crippen LogP contribution in [-0.2, 0) is 38.7 Å². The molecule has 0 atom stereocenters. The Bertz CT molecular complexity index is 764. The number of furan rings is 1. The summed E-state index contributed by atoms with van der Waals surface area (Å²) < 4.78 is 23.9. The van der Waals surface area contributed by atoms with E-state index in [-0.39, 0.29) is 12.6 Å². The van der Waals surface area contributed by atoms with Crippen LogP contribution >= 0.6 is 0 Å². The Morgan fingerprint density at radius 3 is 2.70 bits per heavy atom. The minimum Gasteiger partial charge on any atom is -0.461 e. The number of nitrogens with zero attached hydrogens (tertiary/aromatic N) is 3. The highest BCUT2D eigenvalue weighted by Gasteiger charge is 2.24. The molecule has 1 aliphatic rings. The second-order valence-electron chi connectivity index (χ2n) is 7.49. The fraction of sp³-hybridized carbons (Fsp3) is 0.636. The van der Waals surface area contributed by atoms with Gasteiger partial charge in [-0.05, 0) is 45.0 Å². The van der Waals surface area contributed by atoms with Gasteiger partial charge in [-0.3, -0.25) is 9.69 Å². The number of piperidine rings is 1. The summed E-state index contributed by atoms with van der Waals surface area (Å²) >= 11 is 0. The summed E-state index contributed by atoms with van der Waals surface area (Å²) in [5, 5.41) is 0. The van der Waals surface area contributed by atoms with E-state index in [1.54, 1.807) is 0 Å². The van der Waals surface area contributed by atoms with Crippen LogP contribution in [0.25, 0.3) is 0 Å². The Morgan fingerprint density at radius 1 is 1.17 bits per heavy atom. The van der Waals surface area contributed by atoms with E-state index in [1.165, 1.54) is 6.92 Å². The first-order chi connectivity index (χ1) is 14.7. The summed E-state index contributed by atoms with van der Waals surface area (Å²) in [4.78, 5) is 17.9. The normalized spacial score (nSPS) is 15.5. The lowest BCUT2D eigenvalue weighted by Gasteiger charge is -2.31. The molecule has 2 aromatic rings. The number of ether oxygens (including phenoxy) is 3. The number of carbonyl (C=O) groups is 1. The van der Waals surface area contributed by atoms with Gasteiger partial charge in [0.05, 0.1) is 26.4 Å². The van der Waals surface area contributed by atoms with Crippen LogP contribution in [0, 0.1) is 0 Å². The number of hydrogen-bond acceptors (Lipinski definition) is 7. The standard InChI is InChI=1S/C22H33N3O5/c1-3-27-14-15-28-13-12-25-11-8-23-22(25)19-6-9-24(10-7-19)16-20-4-5-21(30-20)17-29-18(2)26/h4-5,8,11,19H,3,6-7,9-10,12-17H2,1-2H3. The third kappa shape index (κ3) is 6.97. The lowest BCUT2D eigenvalue weighted by Crippen LogP contribution is -2.33. The van der Waals surface area contributed by atoms with Crippen molar-refractivity contribution in [2.75, 3.05) is 39.5 Å². The highest BCUT2D eigenvalue weighted by atomic mass is 16.5. The van der Waals surface area contributed by atoms with Gasteiger partial charge in [0.1, 0.15) is 24.0 Å². The first kappa shape index (κ1) is 22.5. The number of esters is 1. The SMILES string of the molecule is CCOCCOCCn1ccnc1C1CCN(Cc2ccc(COC(C)=O)o2)CC1. The van der Waals surface area contributed by atoms with E-state index in [4.69, 9.17) is 18.6 Å². The van der Waals surface area contributed by atoms with Gasteiger partial charge >= 0.3 is 5.97 Å². The molecule has 3 rings (SSSR count). The van der Waals surface area contributed by atoms with Crippen LogP contribution in [-0.4, -0.2) is 59.9 Å². The van der Waals surface area contributed by atoms with Gasteiger partial charge in [-0.1, -0.05) is 0 Å². The smallest absolute Gasteiger partial charge is 0.303 e. The molecule has 1 aliphatic heterocycles. The molecule has 1 saturated heterocycles. The van der Waals surface area contributed by atoms with E-state index in [1.807, 2.05) is 31.5 Å². The first-order valence-electron chi connectivity index (χ1n) is 10.8. The first-order valence-corrected chi connectivity index (χ1v) is 10.8. The van der Waals surface area contributed by atoms with Crippen molar-refractivity contribution in [2.45, 2.75) is 52.3 Å². The van der Waals surface area contributed by atoms with Crippen molar-refractivity contribution in [1.29, 1.82) is 0 Å². The monoisotopic (exact) mass is 419 g/mol. The molecule has 0 unspecified atom stereocenters. The molecule has 0 amide bonds. The van der Waals surface area contributed by atoms with Gasteiger partial charge < -0.3 is 23.2 Å². The van der Waals surface area contributed by atoms with Crippen molar-refractivity contribution >= 4 is 5.97 Å². The van der Waals surface area contributed by atoms with E-state index in [2.05, 4.69) is 14.5 Å². The van der Waals surface area contributed by atoms with Gasteiger partial charge in [-0.25, -0.2) is 4.98 Å². The van der Waals surface area contributed by atoms with Crippen LogP contribution in [0.1, 0.15) is 50.0 Å². The molecule has 8 nitrogen and oxygen atoms in total. The third-order valence-corrected chi connectivity index (χ3v) is 5.27. The molecule has 30 heavy (non-hydrogen) atoms. The molecule has 0 aromatic carbocycles. The second-order valence-corrected chi connectivity index (χ2v) is 7.49. The van der Waals surface area contributed by atoms with Crippen molar-refractivity contribution in [3.8, 4) is 0 Å². The maximum atomic E-state index is 10.9. The van der Waals surface area contributed by atoms with Crippen molar-refractivity contribution in [3.05, 3.63) is 41.9 Å². The molecule has 8 heteroatoms. The van der Waals surface area contributed by atoms with Crippen LogP contribution in [0.5, 0.6) is 0 Å². The molecule has 0 aliphatic carbocycles. The number of aromatic nitrogens is 2. The molecular formula is C22H33N3O5. The minimum atomic E-state index is -0.301. The molecule has 1 fully saturated rings. The van der Waals surface area contributed by atoms with E-state index >= 15 is 0 Å². The number of likely N-dealkylation sites (tertiary alicyclic amines) is 1. The maximum Gasteiger partial charge on any atom is 0.303 e. The van der Waals surface area contributed by atoms with Crippen LogP contribution in [0.4, 0.5) is 0 Å². The van der Waals surface area contributed by atoms with Crippen LogP contribution in [0.3, 0.4) is 0 Å². The highest BCUT2D eigenvalue weighted by molar-refractivity contribution is 5.65. The lowest BCUT2D eigenvalue weighted by molar-refractivity contribution is -0.142. The predicted octanol–water partition coefficient (Wildman–Crippen LogP) is 2.97. The average molecular weight is 420 g/mol. The zero-order valence-electron chi connectivity index (χ0n) is 18.0. The summed E-state index contributed by atoms with van der Waals surface area (Å²) in [5.74, 6) is 2.91. The van der Waals surface area contributed by atoms with E-state index in [0.717, 1.165) is 57.2 Å². The van der Waals surface area contributed by atoms with Crippen molar-refractivity contribution in [1.82, 2.24) is 14.5 Å². The molecule has 0 radical (unpaired) electrons. The van der Waals surface area contributed by atoms with Crippen LogP contribution in [0.15, 0.2) is 28.9 Å². The molecular weight excluding hydrogens is 386 g/mol. The molecule has 166 valence electrons. The Balaban J connectivity index is 1.40. The lowest BCUT2D eigenvalue weighted by atomic mass is 9.96. The van der Waals surface area contributed by atoms with Gasteiger partial charge in [0, 0.05) is 38.4 Å². The van der Waals surface area contributed by atoms with Crippen molar-refractivity contribution in [3.63, 3.8) is 0 Å². The van der Waals surface area contributed by atoms with Gasteiger partial charge in [0.15, 0.2) is 0 Å². The summed E-state index contributed by atoms with van der Waals surface area (Å²) in [6, 6.07) is 3.83. The molecule has 0 bridgehead atoms. The number of carbonyl (C=O) groups excluding carboxylic acids is 1. The third-order valence-electron chi connectivity index (χ3n) is 5.27. The van der Waals surface area contributed by atoms with E-state index < -0.39 is 0 Å². The number of imidazole rings is 1. The second kappa shape index (κ2) is 11.9. The summed E-state index contributed by atoms with van der Waals surface area (Å²) in [7, 11) is 0. The van der Waals surface area contributed by atoms with Crippen molar-refractivity contribution < 1.29 is 23.4 Å². The van der Waals surface area contributed by atoms with Crippen LogP contribution in [0.2, 0.25) is 0 Å². The maximum absolute atomic E-state index is 10.9. The van der Waals surface area contributed by atoms with Gasteiger partial charge in [0.2, 0.25) is 0 Å². The Labute approximate surface area is 178 Å². The van der Waals surface area contributed by atoms with Gasteiger partial charge in [0.25, 0.3) is 0 Å². The molecule has 0 saturated carbocycles. The zero-order chi connectivity index (χ0) is 21.2. The topological polar surface area (TPSA) is 79.0 Å². The molecule has 0 N–H and O–H groups in total. The predicted molar refractivity (Wildman–Crippen MR) is 111 cm³/mol.